The lowest BCUT2D eigenvalue weighted by Crippen LogP contribution is -2.37. The van der Waals surface area contributed by atoms with Crippen molar-refractivity contribution < 1.29 is 42.1 Å². The number of esters is 2. The number of likely N-dealkylation sites (N-methyl/N-ethyl adjacent to an activating group) is 1. The van der Waals surface area contributed by atoms with Gasteiger partial charge in [0.1, 0.15) is 19.8 Å². The average Bonchev–Trinajstić information content (AvgIpc) is 3.60. The highest BCUT2D eigenvalue weighted by molar-refractivity contribution is 7.45. The van der Waals surface area contributed by atoms with Gasteiger partial charge in [0, 0.05) is 12.8 Å². The molecule has 0 fully saturated rings. The highest BCUT2D eigenvalue weighted by atomic mass is 31.2. The number of carbonyl (C=O) groups excluding carboxylic acids is 2. The van der Waals surface area contributed by atoms with Gasteiger partial charge >= 0.3 is 11.9 Å². The van der Waals surface area contributed by atoms with Gasteiger partial charge in [-0.25, -0.2) is 0 Å². The molecule has 2 atom stereocenters. The Bertz CT molecular complexity index is 1670. The summed E-state index contributed by atoms with van der Waals surface area (Å²) < 4.78 is 34.4. The van der Waals surface area contributed by atoms with Crippen LogP contribution in [-0.2, 0) is 32.7 Å². The first kappa shape index (κ1) is 85.7. The van der Waals surface area contributed by atoms with Gasteiger partial charge in [0.05, 0.1) is 27.7 Å². The van der Waals surface area contributed by atoms with E-state index in [2.05, 4.69) is 74.6 Å². The molecular formula is C78H146NO8P. The van der Waals surface area contributed by atoms with Gasteiger partial charge in [0.15, 0.2) is 6.10 Å². The highest BCUT2D eigenvalue weighted by Gasteiger charge is 2.22. The monoisotopic (exact) mass is 1260 g/mol. The second kappa shape index (κ2) is 69.1. The number of quaternary nitrogens is 1. The number of phosphoric acid groups is 1. The zero-order chi connectivity index (χ0) is 64.1. The minimum absolute atomic E-state index is 0.0304. The fourth-order valence-electron chi connectivity index (χ4n) is 11.2. The van der Waals surface area contributed by atoms with E-state index in [4.69, 9.17) is 18.5 Å². The van der Waals surface area contributed by atoms with Gasteiger partial charge in [-0.3, -0.25) is 14.2 Å². The summed E-state index contributed by atoms with van der Waals surface area (Å²) in [6.07, 6.45) is 91.8. The van der Waals surface area contributed by atoms with E-state index in [0.717, 1.165) is 57.8 Å². The minimum atomic E-state index is -4.64. The topological polar surface area (TPSA) is 111 Å². The molecule has 0 saturated heterocycles. The zero-order valence-corrected chi connectivity index (χ0v) is 59.8. The molecule has 0 saturated carbocycles. The van der Waals surface area contributed by atoms with Crippen molar-refractivity contribution >= 4 is 19.8 Å². The molecule has 0 heterocycles. The van der Waals surface area contributed by atoms with Crippen LogP contribution in [0, 0.1) is 0 Å². The molecule has 88 heavy (non-hydrogen) atoms. The van der Waals surface area contributed by atoms with Gasteiger partial charge in [0.25, 0.3) is 7.82 Å². The smallest absolute Gasteiger partial charge is 0.306 e. The van der Waals surface area contributed by atoms with Crippen molar-refractivity contribution in [3.05, 3.63) is 60.8 Å². The van der Waals surface area contributed by atoms with Gasteiger partial charge in [-0.2, -0.15) is 0 Å². The zero-order valence-electron chi connectivity index (χ0n) is 58.9. The van der Waals surface area contributed by atoms with Crippen LogP contribution in [0.3, 0.4) is 0 Å². The lowest BCUT2D eigenvalue weighted by Gasteiger charge is -2.28. The quantitative estimate of drug-likeness (QED) is 0.0195. The summed E-state index contributed by atoms with van der Waals surface area (Å²) in [5, 5.41) is 0. The summed E-state index contributed by atoms with van der Waals surface area (Å²) in [5.74, 6) is -0.818. The predicted octanol–water partition coefficient (Wildman–Crippen LogP) is 24.3. The van der Waals surface area contributed by atoms with Crippen LogP contribution >= 0.6 is 7.82 Å². The van der Waals surface area contributed by atoms with Gasteiger partial charge in [-0.15, -0.1) is 0 Å². The molecule has 0 amide bonds. The van der Waals surface area contributed by atoms with E-state index in [-0.39, 0.29) is 32.0 Å². The molecule has 9 nitrogen and oxygen atoms in total. The van der Waals surface area contributed by atoms with Crippen molar-refractivity contribution in [1.29, 1.82) is 0 Å². The summed E-state index contributed by atoms with van der Waals surface area (Å²) in [5.41, 5.74) is 0. The first-order valence-corrected chi connectivity index (χ1v) is 39.5. The standard InChI is InChI=1S/C78H146NO8P/c1-6-8-10-12-14-16-18-20-22-24-26-28-30-32-34-35-36-37-38-39-40-41-42-43-45-46-48-50-52-54-56-58-60-62-64-66-68-70-77(80)84-74-76(75-86-88(82,83)85-73-72-79(3,4)5)87-78(81)71-69-67-65-63-61-59-57-55-53-51-49-47-44-33-31-29-27-25-23-21-19-17-15-13-11-9-7-2/h18-21,24-27,31,33,76H,6-17,22-23,28-30,32,34-75H2,1-5H3/b20-18-,21-19-,26-24-,27-25-,33-31-. The Hall–Kier alpha value is -2.29. The molecule has 2 unspecified atom stereocenters. The molecule has 0 aliphatic carbocycles. The van der Waals surface area contributed by atoms with Crippen LogP contribution in [0.1, 0.15) is 373 Å². The van der Waals surface area contributed by atoms with E-state index in [1.807, 2.05) is 21.1 Å². The summed E-state index contributed by atoms with van der Waals surface area (Å²) in [4.78, 5) is 38.1. The van der Waals surface area contributed by atoms with Crippen LogP contribution in [0.4, 0.5) is 0 Å². The maximum absolute atomic E-state index is 12.9. The number of hydrogen-bond acceptors (Lipinski definition) is 8. The van der Waals surface area contributed by atoms with Crippen LogP contribution in [0.25, 0.3) is 0 Å². The molecule has 0 bridgehead atoms. The molecule has 0 radical (unpaired) electrons. The van der Waals surface area contributed by atoms with E-state index in [1.165, 1.54) is 283 Å². The van der Waals surface area contributed by atoms with Crippen molar-refractivity contribution in [2.24, 2.45) is 0 Å². The number of ether oxygens (including phenoxy) is 2. The maximum atomic E-state index is 12.9. The number of rotatable bonds is 71. The largest absolute Gasteiger partial charge is 0.756 e. The summed E-state index contributed by atoms with van der Waals surface area (Å²) in [7, 11) is 1.18. The van der Waals surface area contributed by atoms with E-state index in [0.29, 0.717) is 17.4 Å². The molecule has 0 rings (SSSR count). The van der Waals surface area contributed by atoms with Crippen LogP contribution in [0.2, 0.25) is 0 Å². The number of phosphoric ester groups is 1. The molecule has 0 spiro atoms. The van der Waals surface area contributed by atoms with E-state index < -0.39 is 26.5 Å². The summed E-state index contributed by atoms with van der Waals surface area (Å²) >= 11 is 0. The van der Waals surface area contributed by atoms with Gasteiger partial charge in [-0.05, 0) is 83.5 Å². The molecular weight excluding hydrogens is 1110 g/mol. The normalized spacial score (nSPS) is 13.4. The molecule has 0 aliphatic heterocycles. The number of hydrogen-bond donors (Lipinski definition) is 0. The van der Waals surface area contributed by atoms with Crippen LogP contribution < -0.4 is 4.89 Å². The van der Waals surface area contributed by atoms with Crippen molar-refractivity contribution in [2.75, 3.05) is 47.5 Å². The van der Waals surface area contributed by atoms with Crippen molar-refractivity contribution in [2.45, 2.75) is 380 Å². The van der Waals surface area contributed by atoms with Crippen molar-refractivity contribution in [3.8, 4) is 0 Å². The number of unbranched alkanes of at least 4 members (excludes halogenated alkanes) is 47. The Balaban J connectivity index is 3.94. The number of carbonyl (C=O) groups is 2. The molecule has 0 aliphatic rings. The van der Waals surface area contributed by atoms with Gasteiger partial charge in [0.2, 0.25) is 0 Å². The second-order valence-electron chi connectivity index (χ2n) is 27.0. The molecule has 0 aromatic rings. The van der Waals surface area contributed by atoms with Gasteiger partial charge in [-0.1, -0.05) is 338 Å². The Morgan fingerprint density at radius 2 is 0.614 bits per heavy atom. The average molecular weight is 1260 g/mol. The third kappa shape index (κ3) is 72.8. The van der Waals surface area contributed by atoms with Crippen molar-refractivity contribution in [1.82, 2.24) is 0 Å². The first-order valence-electron chi connectivity index (χ1n) is 38.0. The fourth-order valence-corrected chi connectivity index (χ4v) is 11.9. The van der Waals surface area contributed by atoms with Crippen LogP contribution in [0.15, 0.2) is 60.8 Å². The Kier molecular flexibility index (Phi) is 67.3. The molecule has 516 valence electrons. The fraction of sp³-hybridized carbons (Fsp3) is 0.846. The van der Waals surface area contributed by atoms with E-state index in [1.54, 1.807) is 0 Å². The molecule has 10 heteroatoms. The van der Waals surface area contributed by atoms with E-state index >= 15 is 0 Å². The lowest BCUT2D eigenvalue weighted by atomic mass is 10.0. The van der Waals surface area contributed by atoms with Crippen LogP contribution in [-0.4, -0.2) is 70.0 Å². The molecule has 0 aromatic heterocycles. The minimum Gasteiger partial charge on any atom is -0.756 e. The SMILES string of the molecule is CCCCCCC/C=C\C/C=C\C/C=C\CCCCCCCCCCCCCCC(=O)OC(COC(=O)CCCCCCCCCCCCCCCCCCCCCCCCCCC/C=C\C/C=C\CCCCCCC)COP(=O)([O-])OCC[N+](C)(C)C. The third-order valence-electron chi connectivity index (χ3n) is 17.0. The maximum Gasteiger partial charge on any atom is 0.306 e. The number of allylic oxidation sites excluding steroid dienone is 10. The first-order chi connectivity index (χ1) is 43.0. The van der Waals surface area contributed by atoms with Crippen LogP contribution in [0.5, 0.6) is 0 Å². The Morgan fingerprint density at radius 3 is 0.909 bits per heavy atom. The molecule has 0 aromatic carbocycles. The third-order valence-corrected chi connectivity index (χ3v) is 18.0. The van der Waals surface area contributed by atoms with Gasteiger partial charge < -0.3 is 27.9 Å². The predicted molar refractivity (Wildman–Crippen MR) is 379 cm³/mol. The van der Waals surface area contributed by atoms with Crippen molar-refractivity contribution in [3.63, 3.8) is 0 Å². The summed E-state index contributed by atoms with van der Waals surface area (Å²) in [6.45, 7) is 4.27. The molecule has 0 N–H and O–H groups in total. The second-order valence-corrected chi connectivity index (χ2v) is 28.4. The Morgan fingerprint density at radius 1 is 0.352 bits per heavy atom. The Labute approximate surface area is 546 Å². The lowest BCUT2D eigenvalue weighted by molar-refractivity contribution is -0.870. The summed E-state index contributed by atoms with van der Waals surface area (Å²) in [6, 6.07) is 0. The van der Waals surface area contributed by atoms with E-state index in [9.17, 15) is 19.0 Å². The highest BCUT2D eigenvalue weighted by Crippen LogP contribution is 2.38. The number of nitrogens with zero attached hydrogens (tertiary/aromatic N) is 1.